The number of phenols is 1. The number of phenolic OH excluding ortho intramolecular Hbond substituents is 1. The first-order valence-corrected chi connectivity index (χ1v) is 10.2. The molecule has 0 spiro atoms. The Balaban J connectivity index is 2.42. The molecule has 0 heterocycles. The lowest BCUT2D eigenvalue weighted by atomic mass is 9.86. The Kier molecular flexibility index (Phi) is 8.99. The second kappa shape index (κ2) is 10.5. The summed E-state index contributed by atoms with van der Waals surface area (Å²) in [6, 6.07) is 5.71. The number of carbonyl (C=O) groups is 2. The van der Waals surface area contributed by atoms with Gasteiger partial charge in [-0.05, 0) is 83.4 Å². The molecule has 0 amide bonds. The summed E-state index contributed by atoms with van der Waals surface area (Å²) in [5.41, 5.74) is 0.716. The van der Waals surface area contributed by atoms with Gasteiger partial charge in [0.15, 0.2) is 0 Å². The van der Waals surface area contributed by atoms with Crippen molar-refractivity contribution in [3.05, 3.63) is 29.3 Å². The minimum atomic E-state index is -0.774. The molecule has 0 fully saturated rings. The Morgan fingerprint density at radius 1 is 0.786 bits per heavy atom. The molecule has 0 aromatic heterocycles. The first kappa shape index (κ1) is 24.0. The van der Waals surface area contributed by atoms with Crippen molar-refractivity contribution in [2.24, 2.45) is 10.8 Å². The van der Waals surface area contributed by atoms with E-state index in [9.17, 15) is 14.7 Å². The van der Waals surface area contributed by atoms with Gasteiger partial charge < -0.3 is 15.3 Å². The summed E-state index contributed by atoms with van der Waals surface area (Å²) in [6.07, 6.45) is 7.47. The molecular weight excluding hydrogens is 356 g/mol. The van der Waals surface area contributed by atoms with Crippen molar-refractivity contribution in [2.45, 2.75) is 85.5 Å². The van der Waals surface area contributed by atoms with Crippen LogP contribution in [0.25, 0.3) is 0 Å². The van der Waals surface area contributed by atoms with E-state index in [4.69, 9.17) is 10.2 Å². The van der Waals surface area contributed by atoms with Gasteiger partial charge in [-0.1, -0.05) is 31.4 Å². The number of aryl methyl sites for hydroxylation is 2. The Bertz CT molecular complexity index is 661. The largest absolute Gasteiger partial charge is 0.508 e. The van der Waals surface area contributed by atoms with Crippen molar-refractivity contribution < 1.29 is 24.9 Å². The highest BCUT2D eigenvalue weighted by Gasteiger charge is 2.26. The average molecular weight is 393 g/mol. The van der Waals surface area contributed by atoms with Crippen molar-refractivity contribution in [2.75, 3.05) is 0 Å². The van der Waals surface area contributed by atoms with E-state index in [2.05, 4.69) is 0 Å². The van der Waals surface area contributed by atoms with Crippen molar-refractivity contribution in [1.82, 2.24) is 0 Å². The molecule has 0 atom stereocenters. The fraction of sp³-hybridized carbons (Fsp3) is 0.652. The first-order valence-electron chi connectivity index (χ1n) is 10.2. The molecule has 0 aliphatic carbocycles. The molecule has 5 heteroatoms. The van der Waals surface area contributed by atoms with Crippen LogP contribution in [0.3, 0.4) is 0 Å². The first-order chi connectivity index (χ1) is 13.0. The average Bonchev–Trinajstić information content (AvgIpc) is 2.60. The van der Waals surface area contributed by atoms with Crippen LogP contribution in [0, 0.1) is 10.8 Å². The monoisotopic (exact) mass is 392 g/mol. The highest BCUT2D eigenvalue weighted by atomic mass is 16.4. The molecule has 0 saturated heterocycles. The minimum Gasteiger partial charge on any atom is -0.508 e. The number of rotatable bonds is 13. The Labute approximate surface area is 168 Å². The highest BCUT2D eigenvalue weighted by molar-refractivity contribution is 5.73. The smallest absolute Gasteiger partial charge is 0.309 e. The van der Waals surface area contributed by atoms with E-state index in [0.29, 0.717) is 18.6 Å². The summed E-state index contributed by atoms with van der Waals surface area (Å²) >= 11 is 0. The van der Waals surface area contributed by atoms with Gasteiger partial charge in [0.25, 0.3) is 0 Å². The Hall–Kier alpha value is -2.04. The van der Waals surface area contributed by atoms with Crippen LogP contribution in [0.5, 0.6) is 5.75 Å². The van der Waals surface area contributed by atoms with Crippen LogP contribution in [0.15, 0.2) is 18.2 Å². The molecule has 0 bridgehead atoms. The maximum Gasteiger partial charge on any atom is 0.309 e. The summed E-state index contributed by atoms with van der Waals surface area (Å²) in [7, 11) is 0. The predicted molar refractivity (Wildman–Crippen MR) is 111 cm³/mol. The summed E-state index contributed by atoms with van der Waals surface area (Å²) in [5.74, 6) is -1.23. The van der Waals surface area contributed by atoms with Crippen LogP contribution < -0.4 is 0 Å². The van der Waals surface area contributed by atoms with Gasteiger partial charge in [-0.15, -0.1) is 0 Å². The molecular formula is C23H36O5. The van der Waals surface area contributed by atoms with Crippen LogP contribution in [-0.4, -0.2) is 27.3 Å². The second-order valence-corrected chi connectivity index (χ2v) is 9.11. The van der Waals surface area contributed by atoms with Crippen LogP contribution in [-0.2, 0) is 22.4 Å². The molecule has 1 aromatic rings. The summed E-state index contributed by atoms with van der Waals surface area (Å²) in [4.78, 5) is 22.3. The van der Waals surface area contributed by atoms with E-state index in [1.807, 2.05) is 12.1 Å². The lowest BCUT2D eigenvalue weighted by Gasteiger charge is -2.18. The summed E-state index contributed by atoms with van der Waals surface area (Å²) in [5, 5.41) is 28.4. The molecule has 0 aliphatic rings. The minimum absolute atomic E-state index is 0.296. The van der Waals surface area contributed by atoms with Crippen molar-refractivity contribution in [1.29, 1.82) is 0 Å². The SMILES string of the molecule is CC(C)(CCCCCc1ccc(O)c(CCCCC(C)(C)C(=O)O)c1)C(=O)O. The number of aromatic hydroxyl groups is 1. The molecule has 0 aliphatic heterocycles. The van der Waals surface area contributed by atoms with Crippen LogP contribution in [0.2, 0.25) is 0 Å². The molecule has 5 nitrogen and oxygen atoms in total. The van der Waals surface area contributed by atoms with Gasteiger partial charge in [0.05, 0.1) is 10.8 Å². The normalized spacial score (nSPS) is 12.1. The maximum atomic E-state index is 11.1. The number of hydrogen-bond donors (Lipinski definition) is 3. The molecule has 0 saturated carbocycles. The second-order valence-electron chi connectivity index (χ2n) is 9.11. The topological polar surface area (TPSA) is 94.8 Å². The third-order valence-electron chi connectivity index (χ3n) is 5.57. The van der Waals surface area contributed by atoms with E-state index < -0.39 is 22.8 Å². The number of hydrogen-bond acceptors (Lipinski definition) is 3. The third-order valence-corrected chi connectivity index (χ3v) is 5.57. The number of carboxylic acid groups (broad SMARTS) is 2. The van der Waals surface area contributed by atoms with E-state index in [1.54, 1.807) is 33.8 Å². The van der Waals surface area contributed by atoms with Crippen molar-refractivity contribution in [3.8, 4) is 5.75 Å². The molecule has 3 N–H and O–H groups in total. The van der Waals surface area contributed by atoms with Gasteiger partial charge in [-0.2, -0.15) is 0 Å². The summed E-state index contributed by atoms with van der Waals surface area (Å²) in [6.45, 7) is 7.01. The lowest BCUT2D eigenvalue weighted by Crippen LogP contribution is -2.23. The van der Waals surface area contributed by atoms with Crippen LogP contribution >= 0.6 is 0 Å². The number of benzene rings is 1. The van der Waals surface area contributed by atoms with Crippen LogP contribution in [0.4, 0.5) is 0 Å². The fourth-order valence-corrected chi connectivity index (χ4v) is 3.16. The van der Waals surface area contributed by atoms with E-state index >= 15 is 0 Å². The van der Waals surface area contributed by atoms with E-state index in [1.165, 1.54) is 5.56 Å². The molecule has 0 radical (unpaired) electrons. The van der Waals surface area contributed by atoms with Crippen molar-refractivity contribution in [3.63, 3.8) is 0 Å². The zero-order chi connectivity index (χ0) is 21.4. The van der Waals surface area contributed by atoms with Gasteiger partial charge >= 0.3 is 11.9 Å². The molecule has 28 heavy (non-hydrogen) atoms. The standard InChI is InChI=1S/C23H36O5/c1-22(2,20(25)26)14-8-5-6-10-17-12-13-19(24)18(16-17)11-7-9-15-23(3,4)21(27)28/h12-13,16,24H,5-11,14-15H2,1-4H3,(H,25,26)(H,27,28). The van der Waals surface area contributed by atoms with Gasteiger partial charge in [0, 0.05) is 0 Å². The third kappa shape index (κ3) is 7.91. The Morgan fingerprint density at radius 2 is 1.29 bits per heavy atom. The van der Waals surface area contributed by atoms with Gasteiger partial charge in [0.1, 0.15) is 5.75 Å². The van der Waals surface area contributed by atoms with Gasteiger partial charge in [-0.25, -0.2) is 0 Å². The summed E-state index contributed by atoms with van der Waals surface area (Å²) < 4.78 is 0. The highest BCUT2D eigenvalue weighted by Crippen LogP contribution is 2.27. The predicted octanol–water partition coefficient (Wildman–Crippen LogP) is 5.43. The number of aliphatic carboxylic acids is 2. The zero-order valence-electron chi connectivity index (χ0n) is 17.8. The van der Waals surface area contributed by atoms with Crippen LogP contribution in [0.1, 0.15) is 83.8 Å². The molecule has 0 unspecified atom stereocenters. The molecule has 1 rings (SSSR count). The Morgan fingerprint density at radius 3 is 1.82 bits per heavy atom. The number of carboxylic acids is 2. The van der Waals surface area contributed by atoms with E-state index in [-0.39, 0.29) is 0 Å². The fourth-order valence-electron chi connectivity index (χ4n) is 3.16. The lowest BCUT2D eigenvalue weighted by molar-refractivity contribution is -0.148. The maximum absolute atomic E-state index is 11.1. The van der Waals surface area contributed by atoms with Crippen molar-refractivity contribution >= 4 is 11.9 Å². The quantitative estimate of drug-likeness (QED) is 0.389. The van der Waals surface area contributed by atoms with Gasteiger partial charge in [-0.3, -0.25) is 9.59 Å². The number of unbranched alkanes of at least 4 members (excludes halogenated alkanes) is 3. The zero-order valence-corrected chi connectivity index (χ0v) is 17.8. The van der Waals surface area contributed by atoms with Gasteiger partial charge in [0.2, 0.25) is 0 Å². The molecule has 158 valence electrons. The van der Waals surface area contributed by atoms with E-state index in [0.717, 1.165) is 50.5 Å². The molecule has 1 aromatic carbocycles.